The van der Waals surface area contributed by atoms with E-state index in [1.807, 2.05) is 0 Å². The van der Waals surface area contributed by atoms with Crippen LogP contribution in [0, 0.1) is 12.8 Å². The van der Waals surface area contributed by atoms with Crippen molar-refractivity contribution in [2.45, 2.75) is 26.2 Å². The van der Waals surface area contributed by atoms with Gasteiger partial charge in [-0.25, -0.2) is 0 Å². The van der Waals surface area contributed by atoms with Crippen LogP contribution in [-0.2, 0) is 0 Å². The molecule has 2 nitrogen and oxygen atoms in total. The molecule has 2 rings (SSSR count). The molecule has 0 aromatic heterocycles. The first-order valence-corrected chi connectivity index (χ1v) is 7.21. The third-order valence-corrected chi connectivity index (χ3v) is 4.17. The number of benzene rings is 1. The van der Waals surface area contributed by atoms with Gasteiger partial charge in [0.15, 0.2) is 0 Å². The van der Waals surface area contributed by atoms with E-state index in [4.69, 9.17) is 5.73 Å². The second-order valence-electron chi connectivity index (χ2n) is 4.99. The second-order valence-corrected chi connectivity index (χ2v) is 5.84. The van der Waals surface area contributed by atoms with Crippen LogP contribution in [0.5, 0.6) is 0 Å². The molecule has 0 aliphatic carbocycles. The predicted molar refractivity (Wildman–Crippen MR) is 77.5 cm³/mol. The Morgan fingerprint density at radius 1 is 1.47 bits per heavy atom. The molecule has 0 amide bonds. The monoisotopic (exact) mass is 296 g/mol. The van der Waals surface area contributed by atoms with Gasteiger partial charge >= 0.3 is 0 Å². The number of halogens is 1. The second kappa shape index (κ2) is 5.87. The number of anilines is 1. The van der Waals surface area contributed by atoms with Gasteiger partial charge in [0.1, 0.15) is 0 Å². The molecular formula is C14H21BrN2. The lowest BCUT2D eigenvalue weighted by atomic mass is 9.94. The summed E-state index contributed by atoms with van der Waals surface area (Å²) in [5.74, 6) is 0.766. The summed E-state index contributed by atoms with van der Waals surface area (Å²) in [7, 11) is 0. The minimum absolute atomic E-state index is 0.766. The Balaban J connectivity index is 2.10. The Morgan fingerprint density at radius 2 is 2.29 bits per heavy atom. The van der Waals surface area contributed by atoms with Crippen molar-refractivity contribution in [2.75, 3.05) is 24.5 Å². The van der Waals surface area contributed by atoms with Crippen molar-refractivity contribution in [1.29, 1.82) is 0 Å². The minimum atomic E-state index is 0.766. The molecule has 1 atom stereocenters. The van der Waals surface area contributed by atoms with E-state index in [9.17, 15) is 0 Å². The lowest BCUT2D eigenvalue weighted by Gasteiger charge is -2.35. The van der Waals surface area contributed by atoms with Crippen LogP contribution in [-0.4, -0.2) is 19.6 Å². The first-order valence-electron chi connectivity index (χ1n) is 6.42. The minimum Gasteiger partial charge on any atom is -0.370 e. The highest BCUT2D eigenvalue weighted by molar-refractivity contribution is 9.10. The van der Waals surface area contributed by atoms with E-state index < -0.39 is 0 Å². The van der Waals surface area contributed by atoms with E-state index in [1.54, 1.807) is 0 Å². The predicted octanol–water partition coefficient (Wildman–Crippen LogP) is 3.32. The number of hydrogen-bond acceptors (Lipinski definition) is 2. The first-order chi connectivity index (χ1) is 8.20. The van der Waals surface area contributed by atoms with Crippen LogP contribution in [0.3, 0.4) is 0 Å². The molecule has 17 heavy (non-hydrogen) atoms. The van der Waals surface area contributed by atoms with Gasteiger partial charge in [-0.15, -0.1) is 0 Å². The highest BCUT2D eigenvalue weighted by Crippen LogP contribution is 2.31. The van der Waals surface area contributed by atoms with E-state index in [2.05, 4.69) is 46.0 Å². The van der Waals surface area contributed by atoms with Gasteiger partial charge in [0, 0.05) is 17.6 Å². The number of nitrogens with zero attached hydrogens (tertiary/aromatic N) is 1. The molecule has 0 bridgehead atoms. The summed E-state index contributed by atoms with van der Waals surface area (Å²) >= 11 is 3.68. The molecule has 0 spiro atoms. The van der Waals surface area contributed by atoms with Crippen molar-refractivity contribution in [3.63, 3.8) is 0 Å². The SMILES string of the molecule is Cc1ccc(N2CCCC(CCN)C2)c(Br)c1. The van der Waals surface area contributed by atoms with Gasteiger partial charge < -0.3 is 10.6 Å². The maximum Gasteiger partial charge on any atom is 0.0510 e. The molecule has 3 heteroatoms. The molecule has 94 valence electrons. The first kappa shape index (κ1) is 12.9. The van der Waals surface area contributed by atoms with Crippen molar-refractivity contribution in [3.05, 3.63) is 28.2 Å². The summed E-state index contributed by atoms with van der Waals surface area (Å²) in [5, 5.41) is 0. The van der Waals surface area contributed by atoms with E-state index >= 15 is 0 Å². The van der Waals surface area contributed by atoms with Crippen LogP contribution < -0.4 is 10.6 Å². The van der Waals surface area contributed by atoms with Gasteiger partial charge in [-0.3, -0.25) is 0 Å². The zero-order valence-electron chi connectivity index (χ0n) is 10.5. The Bertz CT molecular complexity index is 376. The van der Waals surface area contributed by atoms with Gasteiger partial charge in [0.2, 0.25) is 0 Å². The smallest absolute Gasteiger partial charge is 0.0510 e. The molecule has 1 aromatic rings. The van der Waals surface area contributed by atoms with Gasteiger partial charge in [0.05, 0.1) is 5.69 Å². The Hall–Kier alpha value is -0.540. The molecule has 0 radical (unpaired) electrons. The Labute approximate surface area is 112 Å². The van der Waals surface area contributed by atoms with Crippen molar-refractivity contribution in [1.82, 2.24) is 0 Å². The average molecular weight is 297 g/mol. The van der Waals surface area contributed by atoms with Crippen molar-refractivity contribution < 1.29 is 0 Å². The third kappa shape index (κ3) is 3.23. The highest BCUT2D eigenvalue weighted by Gasteiger charge is 2.20. The summed E-state index contributed by atoms with van der Waals surface area (Å²) < 4.78 is 1.21. The van der Waals surface area contributed by atoms with Crippen molar-refractivity contribution >= 4 is 21.6 Å². The summed E-state index contributed by atoms with van der Waals surface area (Å²) in [6.45, 7) is 5.26. The van der Waals surface area contributed by atoms with Gasteiger partial charge in [-0.2, -0.15) is 0 Å². The molecule has 1 aliphatic heterocycles. The maximum atomic E-state index is 5.67. The summed E-state index contributed by atoms with van der Waals surface area (Å²) in [5.41, 5.74) is 8.30. The molecule has 1 aromatic carbocycles. The molecule has 2 N–H and O–H groups in total. The quantitative estimate of drug-likeness (QED) is 0.927. The largest absolute Gasteiger partial charge is 0.370 e. The van der Waals surface area contributed by atoms with Crippen LogP contribution in [0.2, 0.25) is 0 Å². The summed E-state index contributed by atoms with van der Waals surface area (Å²) in [6.07, 6.45) is 3.77. The number of hydrogen-bond donors (Lipinski definition) is 1. The van der Waals surface area contributed by atoms with E-state index in [0.29, 0.717) is 0 Å². The van der Waals surface area contributed by atoms with Crippen LogP contribution in [0.1, 0.15) is 24.8 Å². The molecule has 1 unspecified atom stereocenters. The van der Waals surface area contributed by atoms with Crippen LogP contribution in [0.4, 0.5) is 5.69 Å². The number of rotatable bonds is 3. The fourth-order valence-electron chi connectivity index (χ4n) is 2.62. The lowest BCUT2D eigenvalue weighted by Crippen LogP contribution is -2.36. The lowest BCUT2D eigenvalue weighted by molar-refractivity contribution is 0.396. The standard InChI is InChI=1S/C14H21BrN2/c1-11-4-5-14(13(15)9-11)17-8-2-3-12(10-17)6-7-16/h4-5,9,12H,2-3,6-8,10,16H2,1H3. The molecule has 1 saturated heterocycles. The van der Waals surface area contributed by atoms with Crippen LogP contribution >= 0.6 is 15.9 Å². The molecule has 1 aliphatic rings. The van der Waals surface area contributed by atoms with Gasteiger partial charge in [-0.1, -0.05) is 6.07 Å². The maximum absolute atomic E-state index is 5.67. The molecule has 1 heterocycles. The zero-order chi connectivity index (χ0) is 12.3. The van der Waals surface area contributed by atoms with Crippen LogP contribution in [0.15, 0.2) is 22.7 Å². The number of piperidine rings is 1. The normalized spacial score (nSPS) is 20.6. The third-order valence-electron chi connectivity index (χ3n) is 3.54. The van der Waals surface area contributed by atoms with E-state index in [-0.39, 0.29) is 0 Å². The van der Waals surface area contributed by atoms with Gasteiger partial charge in [-0.05, 0) is 72.3 Å². The van der Waals surface area contributed by atoms with E-state index in [1.165, 1.54) is 35.1 Å². The summed E-state index contributed by atoms with van der Waals surface area (Å²) in [4.78, 5) is 2.49. The van der Waals surface area contributed by atoms with Crippen molar-refractivity contribution in [3.8, 4) is 0 Å². The number of aryl methyl sites for hydroxylation is 1. The fraction of sp³-hybridized carbons (Fsp3) is 0.571. The molecular weight excluding hydrogens is 276 g/mol. The molecule has 0 saturated carbocycles. The van der Waals surface area contributed by atoms with Crippen molar-refractivity contribution in [2.24, 2.45) is 11.7 Å². The highest BCUT2D eigenvalue weighted by atomic mass is 79.9. The summed E-state index contributed by atoms with van der Waals surface area (Å²) in [6, 6.07) is 6.61. The molecule has 1 fully saturated rings. The Morgan fingerprint density at radius 3 is 3.00 bits per heavy atom. The topological polar surface area (TPSA) is 29.3 Å². The number of nitrogens with two attached hydrogens (primary N) is 1. The zero-order valence-corrected chi connectivity index (χ0v) is 12.0. The Kier molecular flexibility index (Phi) is 4.46. The van der Waals surface area contributed by atoms with E-state index in [0.717, 1.165) is 25.4 Å². The average Bonchev–Trinajstić information content (AvgIpc) is 2.29. The van der Waals surface area contributed by atoms with Crippen LogP contribution in [0.25, 0.3) is 0 Å². The fourth-order valence-corrected chi connectivity index (χ4v) is 3.37. The van der Waals surface area contributed by atoms with Gasteiger partial charge in [0.25, 0.3) is 0 Å².